The van der Waals surface area contributed by atoms with Crippen molar-refractivity contribution in [2.24, 2.45) is 0 Å². The Kier molecular flexibility index (Phi) is 5.36. The fraction of sp³-hybridized carbons (Fsp3) is 0.222. The molecule has 0 saturated heterocycles. The van der Waals surface area contributed by atoms with Gasteiger partial charge in [0, 0.05) is 18.4 Å². The smallest absolute Gasteiger partial charge is 0.341 e. The fourth-order valence-electron chi connectivity index (χ4n) is 2.12. The highest BCUT2D eigenvalue weighted by Crippen LogP contribution is 2.16. The first-order chi connectivity index (χ1) is 11.0. The molecule has 0 bridgehead atoms. The van der Waals surface area contributed by atoms with Gasteiger partial charge in [-0.1, -0.05) is 24.3 Å². The van der Waals surface area contributed by atoms with Gasteiger partial charge in [0.2, 0.25) is 0 Å². The molecule has 2 rings (SSSR count). The Morgan fingerprint density at radius 2 is 1.83 bits per heavy atom. The molecular formula is C18H20N2O3. The zero-order chi connectivity index (χ0) is 16.8. The molecule has 0 aliphatic carbocycles. The molecule has 23 heavy (non-hydrogen) atoms. The van der Waals surface area contributed by atoms with Gasteiger partial charge in [-0.2, -0.15) is 0 Å². The summed E-state index contributed by atoms with van der Waals surface area (Å²) in [4.78, 5) is 24.3. The first-order valence-corrected chi connectivity index (χ1v) is 7.36. The first-order valence-electron chi connectivity index (χ1n) is 7.36. The molecule has 0 saturated carbocycles. The van der Waals surface area contributed by atoms with E-state index in [4.69, 9.17) is 4.74 Å². The number of hydrogen-bond acceptors (Lipinski definition) is 4. The molecule has 0 fully saturated rings. The Bertz CT molecular complexity index is 713. The molecule has 2 aromatic carbocycles. The number of esters is 1. The highest BCUT2D eigenvalue weighted by molar-refractivity contribution is 5.99. The summed E-state index contributed by atoms with van der Waals surface area (Å²) in [5.74, 6) is -0.910. The summed E-state index contributed by atoms with van der Waals surface area (Å²) >= 11 is 0. The first kappa shape index (κ1) is 16.5. The Morgan fingerprint density at radius 3 is 2.52 bits per heavy atom. The number of ether oxygens (including phenoxy) is 1. The Hall–Kier alpha value is -2.82. The van der Waals surface area contributed by atoms with Crippen LogP contribution in [0.4, 0.5) is 11.4 Å². The highest BCUT2D eigenvalue weighted by Gasteiger charge is 2.20. The van der Waals surface area contributed by atoms with E-state index < -0.39 is 12.1 Å². The number of rotatable bonds is 5. The maximum Gasteiger partial charge on any atom is 0.341 e. The molecule has 2 aromatic rings. The third-order valence-corrected chi connectivity index (χ3v) is 3.35. The second kappa shape index (κ2) is 7.45. The lowest BCUT2D eigenvalue weighted by Gasteiger charge is -2.15. The lowest BCUT2D eigenvalue weighted by molar-refractivity contribution is -0.123. The number of para-hydroxylation sites is 1. The zero-order valence-corrected chi connectivity index (χ0v) is 13.4. The maximum atomic E-state index is 12.2. The topological polar surface area (TPSA) is 67.4 Å². The van der Waals surface area contributed by atoms with Gasteiger partial charge in [-0.3, -0.25) is 4.79 Å². The van der Waals surface area contributed by atoms with Crippen LogP contribution in [0, 0.1) is 6.92 Å². The molecule has 5 heteroatoms. The molecule has 2 N–H and O–H groups in total. The van der Waals surface area contributed by atoms with Gasteiger partial charge in [-0.05, 0) is 43.7 Å². The Morgan fingerprint density at radius 1 is 1.09 bits per heavy atom. The van der Waals surface area contributed by atoms with Crippen molar-refractivity contribution in [1.29, 1.82) is 0 Å². The summed E-state index contributed by atoms with van der Waals surface area (Å²) < 4.78 is 5.25. The molecule has 0 aromatic heterocycles. The molecule has 1 atom stereocenters. The monoisotopic (exact) mass is 312 g/mol. The van der Waals surface area contributed by atoms with Gasteiger partial charge in [0.1, 0.15) is 0 Å². The Balaban J connectivity index is 2.01. The van der Waals surface area contributed by atoms with Crippen LogP contribution >= 0.6 is 0 Å². The van der Waals surface area contributed by atoms with Crippen LogP contribution in [0.1, 0.15) is 22.8 Å². The number of carbonyl (C=O) groups excluding carboxylic acids is 2. The quantitative estimate of drug-likeness (QED) is 0.832. The number of carbonyl (C=O) groups is 2. The number of anilines is 2. The standard InChI is InChI=1S/C18H20N2O3/c1-12-7-6-8-14(11-12)20-17(21)13(2)23-18(22)15-9-4-5-10-16(15)19-3/h4-11,13,19H,1-3H3,(H,20,21)/t13-/m0/s1. The highest BCUT2D eigenvalue weighted by atomic mass is 16.5. The number of aryl methyl sites for hydroxylation is 1. The largest absolute Gasteiger partial charge is 0.449 e. The number of nitrogens with one attached hydrogen (secondary N) is 2. The van der Waals surface area contributed by atoms with E-state index >= 15 is 0 Å². The molecule has 0 unspecified atom stereocenters. The van der Waals surface area contributed by atoms with Crippen LogP contribution in [0.2, 0.25) is 0 Å². The molecule has 0 aliphatic rings. The van der Waals surface area contributed by atoms with Crippen LogP contribution in [-0.4, -0.2) is 25.0 Å². The molecule has 1 amide bonds. The van der Waals surface area contributed by atoms with Crippen LogP contribution in [-0.2, 0) is 9.53 Å². The lowest BCUT2D eigenvalue weighted by Crippen LogP contribution is -2.30. The fourth-order valence-corrected chi connectivity index (χ4v) is 2.12. The summed E-state index contributed by atoms with van der Waals surface area (Å²) in [7, 11) is 1.72. The molecular weight excluding hydrogens is 292 g/mol. The minimum absolute atomic E-state index is 0.370. The van der Waals surface area contributed by atoms with Gasteiger partial charge >= 0.3 is 5.97 Å². The predicted molar refractivity (Wildman–Crippen MR) is 90.7 cm³/mol. The molecule has 0 spiro atoms. The molecule has 5 nitrogen and oxygen atoms in total. The minimum Gasteiger partial charge on any atom is -0.449 e. The number of benzene rings is 2. The van der Waals surface area contributed by atoms with E-state index in [-0.39, 0.29) is 5.91 Å². The predicted octanol–water partition coefficient (Wildman–Crippen LogP) is 3.22. The Labute approximate surface area is 135 Å². The normalized spacial score (nSPS) is 11.4. The summed E-state index contributed by atoms with van der Waals surface area (Å²) in [6.07, 6.45) is -0.895. The molecule has 0 heterocycles. The van der Waals surface area contributed by atoms with Crippen molar-refractivity contribution in [3.63, 3.8) is 0 Å². The van der Waals surface area contributed by atoms with Gasteiger partial charge < -0.3 is 15.4 Å². The van der Waals surface area contributed by atoms with Crippen LogP contribution in [0.5, 0.6) is 0 Å². The SMILES string of the molecule is CNc1ccccc1C(=O)O[C@@H](C)C(=O)Nc1cccc(C)c1. The van der Waals surface area contributed by atoms with Gasteiger partial charge in [-0.15, -0.1) is 0 Å². The van der Waals surface area contributed by atoms with Crippen molar-refractivity contribution in [2.75, 3.05) is 17.7 Å². The van der Waals surface area contributed by atoms with Gasteiger partial charge in [0.25, 0.3) is 5.91 Å². The van der Waals surface area contributed by atoms with Crippen LogP contribution in [0.3, 0.4) is 0 Å². The van der Waals surface area contributed by atoms with Gasteiger partial charge in [0.05, 0.1) is 5.56 Å². The van der Waals surface area contributed by atoms with Crippen molar-refractivity contribution >= 4 is 23.3 Å². The molecule has 120 valence electrons. The van der Waals surface area contributed by atoms with Gasteiger partial charge in [0.15, 0.2) is 6.10 Å². The summed E-state index contributed by atoms with van der Waals surface area (Å²) in [5, 5.41) is 5.66. The van der Waals surface area contributed by atoms with Crippen LogP contribution < -0.4 is 10.6 Å². The summed E-state index contributed by atoms with van der Waals surface area (Å²) in [6.45, 7) is 3.48. The summed E-state index contributed by atoms with van der Waals surface area (Å²) in [5.41, 5.74) is 2.76. The van der Waals surface area contributed by atoms with Crippen molar-refractivity contribution < 1.29 is 14.3 Å². The van der Waals surface area contributed by atoms with E-state index in [1.54, 1.807) is 38.2 Å². The average Bonchev–Trinajstić information content (AvgIpc) is 2.54. The van der Waals surface area contributed by atoms with Crippen LogP contribution in [0.25, 0.3) is 0 Å². The van der Waals surface area contributed by atoms with Crippen molar-refractivity contribution in [2.45, 2.75) is 20.0 Å². The zero-order valence-electron chi connectivity index (χ0n) is 13.4. The van der Waals surface area contributed by atoms with E-state index in [1.807, 2.05) is 31.2 Å². The van der Waals surface area contributed by atoms with Crippen molar-refractivity contribution in [3.05, 3.63) is 59.7 Å². The van der Waals surface area contributed by atoms with E-state index in [1.165, 1.54) is 0 Å². The van der Waals surface area contributed by atoms with Crippen molar-refractivity contribution in [3.8, 4) is 0 Å². The van der Waals surface area contributed by atoms with E-state index in [0.29, 0.717) is 16.9 Å². The summed E-state index contributed by atoms with van der Waals surface area (Å²) in [6, 6.07) is 14.4. The van der Waals surface area contributed by atoms with E-state index in [2.05, 4.69) is 10.6 Å². The van der Waals surface area contributed by atoms with Gasteiger partial charge in [-0.25, -0.2) is 4.79 Å². The minimum atomic E-state index is -0.895. The second-order valence-corrected chi connectivity index (χ2v) is 5.20. The number of amides is 1. The van der Waals surface area contributed by atoms with E-state index in [9.17, 15) is 9.59 Å². The lowest BCUT2D eigenvalue weighted by atomic mass is 10.2. The third kappa shape index (κ3) is 4.32. The average molecular weight is 312 g/mol. The molecule has 0 aliphatic heterocycles. The van der Waals surface area contributed by atoms with Crippen molar-refractivity contribution in [1.82, 2.24) is 0 Å². The number of hydrogen-bond donors (Lipinski definition) is 2. The second-order valence-electron chi connectivity index (χ2n) is 5.20. The third-order valence-electron chi connectivity index (χ3n) is 3.35. The van der Waals surface area contributed by atoms with E-state index in [0.717, 1.165) is 5.56 Å². The maximum absolute atomic E-state index is 12.2. The molecule has 0 radical (unpaired) electrons. The van der Waals surface area contributed by atoms with Crippen LogP contribution in [0.15, 0.2) is 48.5 Å².